The van der Waals surface area contributed by atoms with E-state index in [0.717, 1.165) is 4.47 Å². The summed E-state index contributed by atoms with van der Waals surface area (Å²) in [5.74, 6) is -0.710. The summed E-state index contributed by atoms with van der Waals surface area (Å²) >= 11 is 3.30. The minimum atomic E-state index is -1.25. The van der Waals surface area contributed by atoms with E-state index < -0.39 is 22.8 Å². The first-order chi connectivity index (χ1) is 12.0. The third-order valence-electron chi connectivity index (χ3n) is 3.48. The molecule has 1 N–H and O–H groups in total. The summed E-state index contributed by atoms with van der Waals surface area (Å²) in [6.07, 6.45) is 0.216. The van der Waals surface area contributed by atoms with Crippen molar-refractivity contribution in [1.82, 2.24) is 5.32 Å². The van der Waals surface area contributed by atoms with Crippen molar-refractivity contribution in [2.75, 3.05) is 12.9 Å². The second-order valence-electron chi connectivity index (χ2n) is 5.21. The van der Waals surface area contributed by atoms with E-state index in [1.54, 1.807) is 48.5 Å². The van der Waals surface area contributed by atoms with Gasteiger partial charge in [0.05, 0.1) is 17.9 Å². The fourth-order valence-corrected chi connectivity index (χ4v) is 3.72. The van der Waals surface area contributed by atoms with Crippen LogP contribution in [0.15, 0.2) is 64.0 Å². The summed E-state index contributed by atoms with van der Waals surface area (Å²) in [6, 6.07) is 15.0. The molecular weight excluding hydrogens is 406 g/mol. The number of nitrogens with one attached hydrogen (secondary N) is 1. The standard InChI is InChI=1S/C18H18BrNO4S/c1-24-18(22)16(10-11-25(23)15-8-3-2-4-9-15)20-17(21)13-6-5-7-14(19)12-13/h2-9,12,16H,10-11H2,1H3,(H,20,21)/t16-,25+/m1/s1. The highest BCUT2D eigenvalue weighted by Crippen LogP contribution is 2.13. The summed E-state index contributed by atoms with van der Waals surface area (Å²) in [5, 5.41) is 2.65. The van der Waals surface area contributed by atoms with Crippen LogP contribution in [0.4, 0.5) is 0 Å². The van der Waals surface area contributed by atoms with Gasteiger partial charge in [0.1, 0.15) is 6.04 Å². The van der Waals surface area contributed by atoms with E-state index >= 15 is 0 Å². The van der Waals surface area contributed by atoms with Crippen LogP contribution in [0.1, 0.15) is 16.8 Å². The number of rotatable bonds is 7. The molecule has 25 heavy (non-hydrogen) atoms. The number of ether oxygens (including phenoxy) is 1. The lowest BCUT2D eigenvalue weighted by atomic mass is 10.1. The molecule has 0 aliphatic carbocycles. The van der Waals surface area contributed by atoms with E-state index in [-0.39, 0.29) is 18.1 Å². The van der Waals surface area contributed by atoms with Gasteiger partial charge in [0.15, 0.2) is 0 Å². The van der Waals surface area contributed by atoms with Crippen molar-refractivity contribution in [1.29, 1.82) is 0 Å². The number of carbonyl (C=O) groups is 2. The molecule has 0 aromatic heterocycles. The van der Waals surface area contributed by atoms with Gasteiger partial charge in [0.25, 0.3) is 5.91 Å². The molecule has 1 amide bonds. The molecule has 0 saturated carbocycles. The second kappa shape index (κ2) is 9.48. The highest BCUT2D eigenvalue weighted by molar-refractivity contribution is 9.10. The maximum atomic E-state index is 12.3. The number of benzene rings is 2. The van der Waals surface area contributed by atoms with Gasteiger partial charge in [-0.2, -0.15) is 0 Å². The Morgan fingerprint density at radius 1 is 1.16 bits per heavy atom. The first-order valence-electron chi connectivity index (χ1n) is 7.59. The van der Waals surface area contributed by atoms with Crippen molar-refractivity contribution in [3.8, 4) is 0 Å². The average Bonchev–Trinajstić information content (AvgIpc) is 2.64. The Bertz CT molecular complexity index is 767. The monoisotopic (exact) mass is 423 g/mol. The van der Waals surface area contributed by atoms with Gasteiger partial charge >= 0.3 is 5.97 Å². The predicted molar refractivity (Wildman–Crippen MR) is 99.7 cm³/mol. The van der Waals surface area contributed by atoms with Gasteiger partial charge in [-0.25, -0.2) is 4.79 Å². The largest absolute Gasteiger partial charge is 0.467 e. The van der Waals surface area contributed by atoms with Crippen LogP contribution in [0.5, 0.6) is 0 Å². The third-order valence-corrected chi connectivity index (χ3v) is 5.37. The molecule has 7 heteroatoms. The van der Waals surface area contributed by atoms with Gasteiger partial charge in [-0.3, -0.25) is 9.00 Å². The van der Waals surface area contributed by atoms with Gasteiger partial charge in [0, 0.05) is 20.7 Å². The number of halogens is 1. The molecule has 0 aliphatic rings. The van der Waals surface area contributed by atoms with Crippen LogP contribution in [-0.2, 0) is 20.3 Å². The Balaban J connectivity index is 2.02. The van der Waals surface area contributed by atoms with Crippen molar-refractivity contribution in [2.45, 2.75) is 17.4 Å². The topological polar surface area (TPSA) is 72.5 Å². The molecule has 0 radical (unpaired) electrons. The predicted octanol–water partition coefficient (Wildman–Crippen LogP) is 2.92. The van der Waals surface area contributed by atoms with Crippen molar-refractivity contribution < 1.29 is 18.5 Å². The molecule has 0 fully saturated rings. The summed E-state index contributed by atoms with van der Waals surface area (Å²) in [6.45, 7) is 0. The maximum absolute atomic E-state index is 12.3. The summed E-state index contributed by atoms with van der Waals surface area (Å²) in [7, 11) is 0.00662. The zero-order valence-corrected chi connectivity index (χ0v) is 16.0. The van der Waals surface area contributed by atoms with Crippen LogP contribution in [-0.4, -0.2) is 35.0 Å². The van der Waals surface area contributed by atoms with Crippen molar-refractivity contribution in [3.63, 3.8) is 0 Å². The Kier molecular flexibility index (Phi) is 7.33. The van der Waals surface area contributed by atoms with Gasteiger partial charge in [-0.05, 0) is 36.8 Å². The van der Waals surface area contributed by atoms with E-state index in [1.807, 2.05) is 6.07 Å². The third kappa shape index (κ3) is 5.79. The molecule has 132 valence electrons. The molecule has 0 heterocycles. The fraction of sp³-hybridized carbons (Fsp3) is 0.222. The minimum absolute atomic E-state index is 0.216. The number of carbonyl (C=O) groups excluding carboxylic acids is 2. The van der Waals surface area contributed by atoms with Crippen molar-refractivity contribution in [3.05, 3.63) is 64.6 Å². The Morgan fingerprint density at radius 2 is 1.88 bits per heavy atom. The Hall–Kier alpha value is -1.99. The quantitative estimate of drug-likeness (QED) is 0.694. The van der Waals surface area contributed by atoms with E-state index in [1.165, 1.54) is 7.11 Å². The highest BCUT2D eigenvalue weighted by Gasteiger charge is 2.23. The van der Waals surface area contributed by atoms with Crippen molar-refractivity contribution in [2.24, 2.45) is 0 Å². The molecule has 0 spiro atoms. The summed E-state index contributed by atoms with van der Waals surface area (Å²) in [5.41, 5.74) is 0.424. The molecule has 0 saturated heterocycles. The van der Waals surface area contributed by atoms with E-state index in [4.69, 9.17) is 4.74 Å². The highest BCUT2D eigenvalue weighted by atomic mass is 79.9. The van der Waals surface area contributed by atoms with Gasteiger partial charge in [-0.1, -0.05) is 40.2 Å². The van der Waals surface area contributed by atoms with Crippen LogP contribution in [0.2, 0.25) is 0 Å². The molecular formula is C18H18BrNO4S. The lowest BCUT2D eigenvalue weighted by molar-refractivity contribution is -0.142. The molecule has 2 aromatic rings. The molecule has 2 aromatic carbocycles. The van der Waals surface area contributed by atoms with Crippen LogP contribution in [0.25, 0.3) is 0 Å². The minimum Gasteiger partial charge on any atom is -0.467 e. The Labute approximate surface area is 157 Å². The van der Waals surface area contributed by atoms with E-state index in [0.29, 0.717) is 10.5 Å². The molecule has 0 aliphatic heterocycles. The smallest absolute Gasteiger partial charge is 0.328 e. The van der Waals surface area contributed by atoms with Crippen LogP contribution >= 0.6 is 15.9 Å². The zero-order chi connectivity index (χ0) is 18.2. The van der Waals surface area contributed by atoms with E-state index in [9.17, 15) is 13.8 Å². The van der Waals surface area contributed by atoms with E-state index in [2.05, 4.69) is 21.2 Å². The zero-order valence-electron chi connectivity index (χ0n) is 13.6. The van der Waals surface area contributed by atoms with Crippen molar-refractivity contribution >= 4 is 38.6 Å². The SMILES string of the molecule is COC(=O)[C@@H](CC[S@](=O)c1ccccc1)NC(=O)c1cccc(Br)c1. The molecule has 5 nitrogen and oxygen atoms in total. The lowest BCUT2D eigenvalue weighted by Crippen LogP contribution is -2.42. The van der Waals surface area contributed by atoms with Gasteiger partial charge in [0.2, 0.25) is 0 Å². The lowest BCUT2D eigenvalue weighted by Gasteiger charge is -2.16. The van der Waals surface area contributed by atoms with Crippen LogP contribution in [0.3, 0.4) is 0 Å². The normalized spacial score (nSPS) is 12.9. The first kappa shape index (κ1) is 19.3. The number of esters is 1. The summed E-state index contributed by atoms with van der Waals surface area (Å²) in [4.78, 5) is 25.0. The molecule has 0 bridgehead atoms. The van der Waals surface area contributed by atoms with Crippen LogP contribution in [0, 0.1) is 0 Å². The average molecular weight is 424 g/mol. The number of amides is 1. The first-order valence-corrected chi connectivity index (χ1v) is 9.70. The second-order valence-corrected chi connectivity index (χ2v) is 7.70. The number of hydrogen-bond acceptors (Lipinski definition) is 4. The molecule has 0 unspecified atom stereocenters. The van der Waals surface area contributed by atoms with Crippen LogP contribution < -0.4 is 5.32 Å². The number of methoxy groups -OCH3 is 1. The molecule has 2 atom stereocenters. The fourth-order valence-electron chi connectivity index (χ4n) is 2.18. The summed E-state index contributed by atoms with van der Waals surface area (Å²) < 4.78 is 17.8. The Morgan fingerprint density at radius 3 is 2.52 bits per heavy atom. The number of hydrogen-bond donors (Lipinski definition) is 1. The van der Waals surface area contributed by atoms with Gasteiger partial charge in [-0.15, -0.1) is 0 Å². The van der Waals surface area contributed by atoms with Gasteiger partial charge < -0.3 is 10.1 Å². The maximum Gasteiger partial charge on any atom is 0.328 e. The molecule has 2 rings (SSSR count).